The first kappa shape index (κ1) is 17.2. The fraction of sp³-hybridized carbons (Fsp3) is 0.500. The molecule has 0 aliphatic rings. The minimum Gasteiger partial charge on any atom is -0.355 e. The Morgan fingerprint density at radius 1 is 1.19 bits per heavy atom. The molecule has 0 bridgehead atoms. The Hall–Kier alpha value is -1.88. The Morgan fingerprint density at radius 2 is 1.86 bits per heavy atom. The Labute approximate surface area is 126 Å². The smallest absolute Gasteiger partial charge is 0.251 e. The molecular weight excluding hydrogens is 266 g/mol. The predicted molar refractivity (Wildman–Crippen MR) is 85.6 cm³/mol. The van der Waals surface area contributed by atoms with Gasteiger partial charge in [0.05, 0.1) is 0 Å². The Balaban J connectivity index is 2.67. The highest BCUT2D eigenvalue weighted by Crippen LogP contribution is 2.19. The van der Waals surface area contributed by atoms with Gasteiger partial charge in [0.2, 0.25) is 5.91 Å². The van der Waals surface area contributed by atoms with E-state index in [0.29, 0.717) is 24.2 Å². The number of carbonyl (C=O) groups excluding carboxylic acids is 2. The van der Waals surface area contributed by atoms with Gasteiger partial charge in [-0.15, -0.1) is 0 Å². The molecule has 0 saturated heterocycles. The minimum atomic E-state index is -0.155. The van der Waals surface area contributed by atoms with Crippen molar-refractivity contribution in [2.75, 3.05) is 18.9 Å². The van der Waals surface area contributed by atoms with Crippen LogP contribution >= 0.6 is 0 Å². The third kappa shape index (κ3) is 5.55. The third-order valence-electron chi connectivity index (χ3n) is 3.09. The molecule has 1 aromatic carbocycles. The standard InChI is InChI=1S/C16H25N3O2/c1-11-12(15(21)17-5)7-6-8-13(11)19-14(20)9-10-18-16(2,3)4/h6-8,18H,9-10H2,1-5H3,(H,17,21)(H,19,20). The highest BCUT2D eigenvalue weighted by Gasteiger charge is 2.13. The lowest BCUT2D eigenvalue weighted by atomic mass is 10.1. The highest BCUT2D eigenvalue weighted by molar-refractivity contribution is 5.99. The molecule has 5 nitrogen and oxygen atoms in total. The van der Waals surface area contributed by atoms with Crippen molar-refractivity contribution in [3.8, 4) is 0 Å². The largest absolute Gasteiger partial charge is 0.355 e. The van der Waals surface area contributed by atoms with Crippen molar-refractivity contribution >= 4 is 17.5 Å². The summed E-state index contributed by atoms with van der Waals surface area (Å²) in [7, 11) is 1.59. The molecule has 116 valence electrons. The van der Waals surface area contributed by atoms with Crippen LogP contribution in [0.4, 0.5) is 5.69 Å². The maximum atomic E-state index is 11.9. The first-order valence-electron chi connectivity index (χ1n) is 7.11. The number of rotatable bonds is 5. The number of amides is 2. The molecule has 0 heterocycles. The van der Waals surface area contributed by atoms with E-state index in [4.69, 9.17) is 0 Å². The Bertz CT molecular complexity index is 519. The predicted octanol–water partition coefficient (Wildman–Crippen LogP) is 2.07. The summed E-state index contributed by atoms with van der Waals surface area (Å²) in [6.07, 6.45) is 0.390. The van der Waals surface area contributed by atoms with Crippen LogP contribution in [0.25, 0.3) is 0 Å². The van der Waals surface area contributed by atoms with Crippen LogP contribution in [-0.4, -0.2) is 30.9 Å². The molecule has 0 saturated carbocycles. The lowest BCUT2D eigenvalue weighted by molar-refractivity contribution is -0.116. The SMILES string of the molecule is CNC(=O)c1cccc(NC(=O)CCNC(C)(C)C)c1C. The first-order chi connectivity index (χ1) is 9.74. The van der Waals surface area contributed by atoms with Crippen LogP contribution in [0.1, 0.15) is 43.1 Å². The molecular formula is C16H25N3O2. The van der Waals surface area contributed by atoms with Crippen molar-refractivity contribution in [2.24, 2.45) is 0 Å². The van der Waals surface area contributed by atoms with E-state index in [-0.39, 0.29) is 17.4 Å². The van der Waals surface area contributed by atoms with Crippen LogP contribution in [-0.2, 0) is 4.79 Å². The van der Waals surface area contributed by atoms with E-state index in [1.807, 2.05) is 6.92 Å². The van der Waals surface area contributed by atoms with Gasteiger partial charge in [0.1, 0.15) is 0 Å². The van der Waals surface area contributed by atoms with Gasteiger partial charge in [-0.25, -0.2) is 0 Å². The normalized spacial score (nSPS) is 11.1. The topological polar surface area (TPSA) is 70.2 Å². The maximum absolute atomic E-state index is 11.9. The van der Waals surface area contributed by atoms with E-state index in [0.717, 1.165) is 5.56 Å². The molecule has 5 heteroatoms. The molecule has 2 amide bonds. The lowest BCUT2D eigenvalue weighted by Gasteiger charge is -2.20. The number of anilines is 1. The third-order valence-corrected chi connectivity index (χ3v) is 3.09. The monoisotopic (exact) mass is 291 g/mol. The van der Waals surface area contributed by atoms with Crippen molar-refractivity contribution in [1.82, 2.24) is 10.6 Å². The number of nitrogens with one attached hydrogen (secondary N) is 3. The molecule has 0 aromatic heterocycles. The van der Waals surface area contributed by atoms with Gasteiger partial charge in [-0.1, -0.05) is 6.07 Å². The second-order valence-corrected chi connectivity index (χ2v) is 6.03. The number of hydrogen-bond acceptors (Lipinski definition) is 3. The van der Waals surface area contributed by atoms with Crippen LogP contribution in [0, 0.1) is 6.92 Å². The summed E-state index contributed by atoms with van der Waals surface area (Å²) >= 11 is 0. The summed E-state index contributed by atoms with van der Waals surface area (Å²) in [5.41, 5.74) is 2.02. The highest BCUT2D eigenvalue weighted by atomic mass is 16.2. The average molecular weight is 291 g/mol. The molecule has 0 fully saturated rings. The van der Waals surface area contributed by atoms with Crippen molar-refractivity contribution in [2.45, 2.75) is 39.7 Å². The van der Waals surface area contributed by atoms with Crippen molar-refractivity contribution in [3.63, 3.8) is 0 Å². The van der Waals surface area contributed by atoms with E-state index in [1.54, 1.807) is 25.2 Å². The lowest BCUT2D eigenvalue weighted by Crippen LogP contribution is -2.37. The van der Waals surface area contributed by atoms with E-state index in [2.05, 4.69) is 36.7 Å². The van der Waals surface area contributed by atoms with Gasteiger partial charge >= 0.3 is 0 Å². The molecule has 0 radical (unpaired) electrons. The maximum Gasteiger partial charge on any atom is 0.251 e. The summed E-state index contributed by atoms with van der Waals surface area (Å²) in [6, 6.07) is 5.31. The summed E-state index contributed by atoms with van der Waals surface area (Å²) < 4.78 is 0. The van der Waals surface area contributed by atoms with Crippen molar-refractivity contribution in [3.05, 3.63) is 29.3 Å². The van der Waals surface area contributed by atoms with Crippen molar-refractivity contribution < 1.29 is 9.59 Å². The van der Waals surface area contributed by atoms with Crippen LogP contribution in [0.5, 0.6) is 0 Å². The average Bonchev–Trinajstić information content (AvgIpc) is 2.39. The van der Waals surface area contributed by atoms with Gasteiger partial charge in [0.25, 0.3) is 5.91 Å². The second kappa shape index (κ2) is 7.22. The number of benzene rings is 1. The van der Waals surface area contributed by atoms with Gasteiger partial charge in [-0.05, 0) is 45.4 Å². The summed E-state index contributed by atoms with van der Waals surface area (Å²) in [5, 5.41) is 8.72. The Kier molecular flexibility index (Phi) is 5.90. The quantitative estimate of drug-likeness (QED) is 0.778. The van der Waals surface area contributed by atoms with Gasteiger partial charge < -0.3 is 16.0 Å². The van der Waals surface area contributed by atoms with Crippen LogP contribution in [0.2, 0.25) is 0 Å². The zero-order chi connectivity index (χ0) is 16.0. The number of hydrogen-bond donors (Lipinski definition) is 3. The van der Waals surface area contributed by atoms with Gasteiger partial charge in [-0.2, -0.15) is 0 Å². The molecule has 0 aliphatic carbocycles. The fourth-order valence-electron chi connectivity index (χ4n) is 1.92. The molecule has 0 atom stereocenters. The molecule has 3 N–H and O–H groups in total. The summed E-state index contributed by atoms with van der Waals surface area (Å²) in [5.74, 6) is -0.220. The van der Waals surface area contributed by atoms with Crippen LogP contribution in [0.15, 0.2) is 18.2 Å². The molecule has 0 aliphatic heterocycles. The van der Waals surface area contributed by atoms with Crippen LogP contribution < -0.4 is 16.0 Å². The first-order valence-corrected chi connectivity index (χ1v) is 7.11. The zero-order valence-electron chi connectivity index (χ0n) is 13.5. The van der Waals surface area contributed by atoms with Crippen LogP contribution in [0.3, 0.4) is 0 Å². The summed E-state index contributed by atoms with van der Waals surface area (Å²) in [6.45, 7) is 8.61. The zero-order valence-corrected chi connectivity index (χ0v) is 13.5. The number of carbonyl (C=O) groups is 2. The fourth-order valence-corrected chi connectivity index (χ4v) is 1.92. The van der Waals surface area contributed by atoms with Crippen molar-refractivity contribution in [1.29, 1.82) is 0 Å². The van der Waals surface area contributed by atoms with Gasteiger partial charge in [0, 0.05) is 36.8 Å². The minimum absolute atomic E-state index is 0.00464. The van der Waals surface area contributed by atoms with E-state index in [9.17, 15) is 9.59 Å². The summed E-state index contributed by atoms with van der Waals surface area (Å²) in [4.78, 5) is 23.7. The van der Waals surface area contributed by atoms with E-state index in [1.165, 1.54) is 0 Å². The molecule has 0 unspecified atom stereocenters. The van der Waals surface area contributed by atoms with E-state index < -0.39 is 0 Å². The van der Waals surface area contributed by atoms with Gasteiger partial charge in [-0.3, -0.25) is 9.59 Å². The van der Waals surface area contributed by atoms with Gasteiger partial charge in [0.15, 0.2) is 0 Å². The second-order valence-electron chi connectivity index (χ2n) is 6.03. The molecule has 21 heavy (non-hydrogen) atoms. The molecule has 1 aromatic rings. The Morgan fingerprint density at radius 3 is 2.43 bits per heavy atom. The molecule has 0 spiro atoms. The molecule has 1 rings (SSSR count). The van der Waals surface area contributed by atoms with E-state index >= 15 is 0 Å².